The summed E-state index contributed by atoms with van der Waals surface area (Å²) in [6.45, 7) is 5.34. The maximum atomic E-state index is 9.86. The summed E-state index contributed by atoms with van der Waals surface area (Å²) in [4.78, 5) is 2.29. The van der Waals surface area contributed by atoms with Gasteiger partial charge in [0.15, 0.2) is 6.29 Å². The van der Waals surface area contributed by atoms with Crippen molar-refractivity contribution in [3.63, 3.8) is 0 Å². The molecule has 0 aliphatic carbocycles. The third-order valence-corrected chi connectivity index (χ3v) is 3.88. The van der Waals surface area contributed by atoms with Gasteiger partial charge in [0, 0.05) is 39.3 Å². The molecule has 2 rings (SSSR count). The van der Waals surface area contributed by atoms with Crippen LogP contribution in [0, 0.1) is 0 Å². The number of nitrogens with one attached hydrogen (secondary N) is 1. The van der Waals surface area contributed by atoms with Gasteiger partial charge in [0.25, 0.3) is 0 Å². The van der Waals surface area contributed by atoms with Crippen LogP contribution in [0.5, 0.6) is 0 Å². The van der Waals surface area contributed by atoms with E-state index >= 15 is 0 Å². The molecular weight excluding hydrogens is 264 g/mol. The first-order valence-electron chi connectivity index (χ1n) is 7.15. The summed E-state index contributed by atoms with van der Waals surface area (Å²) in [5.74, 6) is 0. The van der Waals surface area contributed by atoms with Crippen molar-refractivity contribution in [1.29, 1.82) is 0 Å². The summed E-state index contributed by atoms with van der Waals surface area (Å²) in [5, 5.41) is 22.9. The smallest absolute Gasteiger partial charge is 0.175 e. The fourth-order valence-electron chi connectivity index (χ4n) is 2.53. The summed E-state index contributed by atoms with van der Waals surface area (Å²) >= 11 is 0. The maximum Gasteiger partial charge on any atom is 0.175 e. The number of hydrogen-bond acceptors (Lipinski definition) is 8. The summed E-state index contributed by atoms with van der Waals surface area (Å²) in [7, 11) is 0. The van der Waals surface area contributed by atoms with Gasteiger partial charge in [0.2, 0.25) is 0 Å². The highest BCUT2D eigenvalue weighted by Gasteiger charge is 2.42. The largest absolute Gasteiger partial charge is 0.388 e. The highest BCUT2D eigenvalue weighted by atomic mass is 16.7. The van der Waals surface area contributed by atoms with E-state index in [-0.39, 0.29) is 6.54 Å². The number of aliphatic hydroxyl groups excluding tert-OH is 2. The standard InChI is InChI=1S/C12H26N4O4/c13-7-8-10(17)11(18)9(14)12(20-8)19-6-5-16-3-1-15-2-4-16/h8-12,15,17-18H,1-7,13-14H2/t8-,9-,10-,11-,12-/m1/s1. The second-order valence-corrected chi connectivity index (χ2v) is 5.30. The van der Waals surface area contributed by atoms with Gasteiger partial charge in [0.05, 0.1) is 12.6 Å². The van der Waals surface area contributed by atoms with Crippen LogP contribution in [0.2, 0.25) is 0 Å². The lowest BCUT2D eigenvalue weighted by molar-refractivity contribution is -0.257. The Morgan fingerprint density at radius 1 is 1.25 bits per heavy atom. The van der Waals surface area contributed by atoms with Crippen molar-refractivity contribution < 1.29 is 19.7 Å². The van der Waals surface area contributed by atoms with Crippen LogP contribution in [-0.4, -0.2) is 91.6 Å². The third kappa shape index (κ3) is 3.86. The minimum atomic E-state index is -1.08. The number of nitrogens with two attached hydrogens (primary N) is 2. The first-order valence-corrected chi connectivity index (χ1v) is 7.15. The minimum Gasteiger partial charge on any atom is -0.388 e. The van der Waals surface area contributed by atoms with Crippen LogP contribution in [0.1, 0.15) is 0 Å². The Morgan fingerprint density at radius 3 is 2.60 bits per heavy atom. The van der Waals surface area contributed by atoms with E-state index in [1.54, 1.807) is 0 Å². The summed E-state index contributed by atoms with van der Waals surface area (Å²) in [5.41, 5.74) is 11.3. The Balaban J connectivity index is 1.76. The molecule has 0 radical (unpaired) electrons. The van der Waals surface area contributed by atoms with Crippen LogP contribution in [0.4, 0.5) is 0 Å². The molecule has 0 aromatic rings. The van der Waals surface area contributed by atoms with Crippen molar-refractivity contribution in [3.05, 3.63) is 0 Å². The van der Waals surface area contributed by atoms with Crippen molar-refractivity contribution in [2.24, 2.45) is 11.5 Å². The summed E-state index contributed by atoms with van der Waals surface area (Å²) in [6.07, 6.45) is -3.52. The van der Waals surface area contributed by atoms with Crippen molar-refractivity contribution in [1.82, 2.24) is 10.2 Å². The Bertz CT molecular complexity index is 289. The lowest BCUT2D eigenvalue weighted by Crippen LogP contribution is -2.63. The molecule has 2 aliphatic heterocycles. The van der Waals surface area contributed by atoms with Crippen LogP contribution in [0.15, 0.2) is 0 Å². The van der Waals surface area contributed by atoms with E-state index < -0.39 is 30.6 Å². The van der Waals surface area contributed by atoms with Crippen LogP contribution in [-0.2, 0) is 9.47 Å². The molecule has 0 spiro atoms. The Kier molecular flexibility index (Phi) is 6.12. The molecule has 0 bridgehead atoms. The quantitative estimate of drug-likeness (QED) is 0.355. The normalized spacial score (nSPS) is 39.9. The van der Waals surface area contributed by atoms with Crippen molar-refractivity contribution in [2.75, 3.05) is 45.9 Å². The third-order valence-electron chi connectivity index (χ3n) is 3.88. The molecule has 7 N–H and O–H groups in total. The number of nitrogens with zero attached hydrogens (tertiary/aromatic N) is 1. The number of ether oxygens (including phenoxy) is 2. The molecule has 0 aromatic carbocycles. The summed E-state index contributed by atoms with van der Waals surface area (Å²) in [6, 6.07) is -0.768. The Hall–Kier alpha value is -0.320. The summed E-state index contributed by atoms with van der Waals surface area (Å²) < 4.78 is 11.1. The van der Waals surface area contributed by atoms with Gasteiger partial charge in [-0.15, -0.1) is 0 Å². The Labute approximate surface area is 119 Å². The van der Waals surface area contributed by atoms with Crippen LogP contribution in [0.3, 0.4) is 0 Å². The zero-order valence-electron chi connectivity index (χ0n) is 11.6. The molecule has 2 saturated heterocycles. The first-order chi connectivity index (χ1) is 9.63. The van der Waals surface area contributed by atoms with Gasteiger partial charge in [-0.1, -0.05) is 0 Å². The number of piperazine rings is 1. The number of aliphatic hydroxyl groups is 2. The van der Waals surface area contributed by atoms with Crippen LogP contribution >= 0.6 is 0 Å². The molecular formula is C12H26N4O4. The molecule has 0 unspecified atom stereocenters. The SMILES string of the molecule is NC[C@H]1O[C@@H](OCCN2CCNCC2)[C@H](N)[C@@H](O)[C@@H]1O. The van der Waals surface area contributed by atoms with E-state index in [9.17, 15) is 10.2 Å². The van der Waals surface area contributed by atoms with Crippen molar-refractivity contribution in [2.45, 2.75) is 30.6 Å². The minimum absolute atomic E-state index is 0.114. The average Bonchev–Trinajstić information content (AvgIpc) is 2.48. The monoisotopic (exact) mass is 290 g/mol. The maximum absolute atomic E-state index is 9.86. The fourth-order valence-corrected chi connectivity index (χ4v) is 2.53. The van der Waals surface area contributed by atoms with Crippen LogP contribution in [0.25, 0.3) is 0 Å². The Morgan fingerprint density at radius 2 is 1.95 bits per heavy atom. The molecule has 118 valence electrons. The molecule has 2 fully saturated rings. The number of hydrogen-bond donors (Lipinski definition) is 5. The highest BCUT2D eigenvalue weighted by molar-refractivity contribution is 4.91. The van der Waals surface area contributed by atoms with E-state index in [2.05, 4.69) is 10.2 Å². The van der Waals surface area contributed by atoms with Gasteiger partial charge >= 0.3 is 0 Å². The molecule has 0 amide bonds. The van der Waals surface area contributed by atoms with E-state index in [1.807, 2.05) is 0 Å². The highest BCUT2D eigenvalue weighted by Crippen LogP contribution is 2.20. The zero-order valence-corrected chi connectivity index (χ0v) is 11.6. The lowest BCUT2D eigenvalue weighted by Gasteiger charge is -2.40. The predicted molar refractivity (Wildman–Crippen MR) is 73.0 cm³/mol. The molecule has 2 aliphatic rings. The fraction of sp³-hybridized carbons (Fsp3) is 1.00. The molecule has 0 aromatic heterocycles. The zero-order chi connectivity index (χ0) is 14.5. The van der Waals surface area contributed by atoms with E-state index in [1.165, 1.54) is 0 Å². The topological polar surface area (TPSA) is 126 Å². The molecule has 8 heteroatoms. The molecule has 20 heavy (non-hydrogen) atoms. The predicted octanol–water partition coefficient (Wildman–Crippen LogP) is -3.36. The first kappa shape index (κ1) is 16.1. The van der Waals surface area contributed by atoms with Gasteiger partial charge in [-0.3, -0.25) is 4.90 Å². The average molecular weight is 290 g/mol. The van der Waals surface area contributed by atoms with E-state index in [4.69, 9.17) is 20.9 Å². The lowest BCUT2D eigenvalue weighted by atomic mass is 9.97. The second kappa shape index (κ2) is 7.62. The molecule has 5 atom stereocenters. The van der Waals surface area contributed by atoms with Gasteiger partial charge in [-0.25, -0.2) is 0 Å². The molecule has 2 heterocycles. The van der Waals surface area contributed by atoms with E-state index in [0.717, 1.165) is 32.7 Å². The van der Waals surface area contributed by atoms with Crippen molar-refractivity contribution in [3.8, 4) is 0 Å². The van der Waals surface area contributed by atoms with Gasteiger partial charge in [-0.05, 0) is 0 Å². The van der Waals surface area contributed by atoms with Gasteiger partial charge in [-0.2, -0.15) is 0 Å². The van der Waals surface area contributed by atoms with Gasteiger partial charge < -0.3 is 36.5 Å². The second-order valence-electron chi connectivity index (χ2n) is 5.30. The van der Waals surface area contributed by atoms with E-state index in [0.29, 0.717) is 6.61 Å². The van der Waals surface area contributed by atoms with Crippen molar-refractivity contribution >= 4 is 0 Å². The van der Waals surface area contributed by atoms with Gasteiger partial charge in [0.1, 0.15) is 18.3 Å². The molecule has 0 saturated carbocycles. The number of rotatable bonds is 5. The molecule has 8 nitrogen and oxygen atoms in total. The van der Waals surface area contributed by atoms with Crippen LogP contribution < -0.4 is 16.8 Å².